The van der Waals surface area contributed by atoms with E-state index in [1.807, 2.05) is 30.3 Å². The predicted molar refractivity (Wildman–Crippen MR) is 102 cm³/mol. The van der Waals surface area contributed by atoms with Gasteiger partial charge in [0, 0.05) is 23.1 Å². The van der Waals surface area contributed by atoms with Gasteiger partial charge in [-0.3, -0.25) is 10.1 Å². The van der Waals surface area contributed by atoms with Crippen molar-refractivity contribution in [3.05, 3.63) is 82.9 Å². The van der Waals surface area contributed by atoms with Gasteiger partial charge in [0.25, 0.3) is 5.69 Å². The van der Waals surface area contributed by atoms with Crippen molar-refractivity contribution >= 4 is 33.8 Å². The Morgan fingerprint density at radius 1 is 1.04 bits per heavy atom. The quantitative estimate of drug-likeness (QED) is 0.147. The third-order valence-electron chi connectivity index (χ3n) is 3.74. The van der Waals surface area contributed by atoms with Crippen LogP contribution in [0.4, 0.5) is 17.1 Å². The highest BCUT2D eigenvalue weighted by molar-refractivity contribution is 5.97. The molecule has 0 unspecified atom stereocenters. The van der Waals surface area contributed by atoms with E-state index in [1.54, 1.807) is 13.0 Å². The summed E-state index contributed by atoms with van der Waals surface area (Å²) in [7, 11) is 0. The maximum Gasteiger partial charge on any atom is 0.338 e. The highest BCUT2D eigenvalue weighted by atomic mass is 16.6. The number of rotatable bonds is 5. The normalized spacial score (nSPS) is 10.9. The molecule has 0 atom stereocenters. The van der Waals surface area contributed by atoms with Gasteiger partial charge in [0.2, 0.25) is 0 Å². The lowest BCUT2D eigenvalue weighted by atomic mass is 10.1. The molecular formula is C20H15N3O4. The molecule has 3 aromatic rings. The van der Waals surface area contributed by atoms with Crippen LogP contribution in [0, 0.1) is 10.1 Å². The van der Waals surface area contributed by atoms with Gasteiger partial charge in [0.05, 0.1) is 10.6 Å². The van der Waals surface area contributed by atoms with Crippen molar-refractivity contribution in [1.82, 2.24) is 0 Å². The van der Waals surface area contributed by atoms with Gasteiger partial charge >= 0.3 is 5.97 Å². The molecule has 0 aliphatic heterocycles. The first-order chi connectivity index (χ1) is 13.0. The molecule has 0 bridgehead atoms. The number of hydrogen-bond donors (Lipinski definition) is 0. The molecule has 0 saturated carbocycles. The fourth-order valence-electron chi connectivity index (χ4n) is 2.36. The van der Waals surface area contributed by atoms with E-state index in [-0.39, 0.29) is 17.0 Å². The van der Waals surface area contributed by atoms with E-state index in [0.717, 1.165) is 10.8 Å². The van der Waals surface area contributed by atoms with E-state index >= 15 is 0 Å². The average Bonchev–Trinajstić information content (AvgIpc) is 2.67. The van der Waals surface area contributed by atoms with Gasteiger partial charge in [0.1, 0.15) is 5.69 Å². The molecule has 0 aliphatic rings. The van der Waals surface area contributed by atoms with Gasteiger partial charge in [-0.25, -0.2) is 4.79 Å². The lowest BCUT2D eigenvalue weighted by Crippen LogP contribution is -2.08. The number of nitro groups is 1. The Labute approximate surface area is 154 Å². The standard InChI is InChI=1S/C20H15N3O4/c1-13(2)20(24)27-18-12-7-14-5-3-4-6-17(14)19(18)22-21-15-8-10-16(11-9-15)23(25)26/h3-12H,1H2,2H3. The van der Waals surface area contributed by atoms with Gasteiger partial charge in [-0.1, -0.05) is 36.9 Å². The molecule has 0 radical (unpaired) electrons. The molecule has 0 spiro atoms. The van der Waals surface area contributed by atoms with Crippen LogP contribution in [-0.2, 0) is 4.79 Å². The number of carbonyl (C=O) groups excluding carboxylic acids is 1. The minimum atomic E-state index is -0.558. The number of nitro benzene ring substituents is 1. The maximum absolute atomic E-state index is 11.9. The number of azo groups is 1. The van der Waals surface area contributed by atoms with Crippen LogP contribution in [0.3, 0.4) is 0 Å². The van der Waals surface area contributed by atoms with E-state index in [4.69, 9.17) is 4.74 Å². The second-order valence-corrected chi connectivity index (χ2v) is 5.78. The smallest absolute Gasteiger partial charge is 0.338 e. The Hall–Kier alpha value is -3.87. The molecule has 7 heteroatoms. The van der Waals surface area contributed by atoms with Gasteiger partial charge in [-0.15, -0.1) is 5.11 Å². The molecule has 134 valence electrons. The molecule has 0 amide bonds. The minimum Gasteiger partial charge on any atom is -0.421 e. The van der Waals surface area contributed by atoms with Crippen molar-refractivity contribution in [2.75, 3.05) is 0 Å². The fraction of sp³-hybridized carbons (Fsp3) is 0.0500. The number of esters is 1. The first-order valence-electron chi connectivity index (χ1n) is 8.01. The van der Waals surface area contributed by atoms with Crippen LogP contribution in [0.5, 0.6) is 5.75 Å². The summed E-state index contributed by atoms with van der Waals surface area (Å²) in [5.41, 5.74) is 1.06. The summed E-state index contributed by atoms with van der Waals surface area (Å²) in [6.45, 7) is 5.13. The lowest BCUT2D eigenvalue weighted by molar-refractivity contribution is -0.384. The number of non-ortho nitro benzene ring substituents is 1. The molecule has 3 aromatic carbocycles. The Bertz CT molecular complexity index is 1070. The van der Waals surface area contributed by atoms with Crippen LogP contribution >= 0.6 is 0 Å². The molecule has 7 nitrogen and oxygen atoms in total. The number of benzene rings is 3. The van der Waals surface area contributed by atoms with Crippen molar-refractivity contribution < 1.29 is 14.5 Å². The SMILES string of the molecule is C=C(C)C(=O)Oc1ccc2ccccc2c1N=Nc1ccc([N+](=O)[O-])cc1. The van der Waals surface area contributed by atoms with Crippen LogP contribution in [-0.4, -0.2) is 10.9 Å². The Balaban J connectivity index is 2.03. The van der Waals surface area contributed by atoms with Crippen molar-refractivity contribution in [3.63, 3.8) is 0 Å². The first kappa shape index (κ1) is 17.9. The molecule has 27 heavy (non-hydrogen) atoms. The minimum absolute atomic E-state index is 0.0322. The summed E-state index contributed by atoms with van der Waals surface area (Å²) in [5.74, 6) is -0.301. The Morgan fingerprint density at radius 3 is 2.41 bits per heavy atom. The highest BCUT2D eigenvalue weighted by Gasteiger charge is 2.13. The summed E-state index contributed by atoms with van der Waals surface area (Å²) >= 11 is 0. The second-order valence-electron chi connectivity index (χ2n) is 5.78. The molecule has 0 saturated heterocycles. The van der Waals surface area contributed by atoms with Crippen LogP contribution < -0.4 is 4.74 Å². The number of carbonyl (C=O) groups is 1. The van der Waals surface area contributed by atoms with Crippen LogP contribution in [0.2, 0.25) is 0 Å². The van der Waals surface area contributed by atoms with Crippen LogP contribution in [0.1, 0.15) is 6.92 Å². The molecule has 0 heterocycles. The highest BCUT2D eigenvalue weighted by Crippen LogP contribution is 2.37. The zero-order chi connectivity index (χ0) is 19.4. The van der Waals surface area contributed by atoms with Gasteiger partial charge in [-0.05, 0) is 30.5 Å². The van der Waals surface area contributed by atoms with Crippen molar-refractivity contribution in [1.29, 1.82) is 0 Å². The summed E-state index contributed by atoms with van der Waals surface area (Å²) in [5, 5.41) is 20.8. The van der Waals surface area contributed by atoms with Crippen LogP contribution in [0.25, 0.3) is 10.8 Å². The lowest BCUT2D eigenvalue weighted by Gasteiger charge is -2.09. The predicted octanol–water partition coefficient (Wildman–Crippen LogP) is 5.64. The molecule has 3 rings (SSSR count). The Kier molecular flexibility index (Phi) is 5.03. The third kappa shape index (κ3) is 4.04. The molecular weight excluding hydrogens is 346 g/mol. The van der Waals surface area contributed by atoms with E-state index in [1.165, 1.54) is 24.3 Å². The zero-order valence-corrected chi connectivity index (χ0v) is 14.5. The van der Waals surface area contributed by atoms with E-state index in [2.05, 4.69) is 16.8 Å². The van der Waals surface area contributed by atoms with E-state index in [9.17, 15) is 14.9 Å². The number of ether oxygens (including phenoxy) is 1. The number of fused-ring (bicyclic) bond motifs is 1. The topological polar surface area (TPSA) is 94.2 Å². The fourth-order valence-corrected chi connectivity index (χ4v) is 2.36. The average molecular weight is 361 g/mol. The summed E-state index contributed by atoms with van der Waals surface area (Å²) in [6, 6.07) is 16.6. The van der Waals surface area contributed by atoms with E-state index in [0.29, 0.717) is 11.4 Å². The summed E-state index contributed by atoms with van der Waals surface area (Å²) in [6.07, 6.45) is 0. The summed E-state index contributed by atoms with van der Waals surface area (Å²) in [4.78, 5) is 22.2. The van der Waals surface area contributed by atoms with Crippen molar-refractivity contribution in [3.8, 4) is 5.75 Å². The summed E-state index contributed by atoms with van der Waals surface area (Å²) < 4.78 is 5.37. The van der Waals surface area contributed by atoms with Crippen molar-refractivity contribution in [2.24, 2.45) is 10.2 Å². The first-order valence-corrected chi connectivity index (χ1v) is 8.01. The Morgan fingerprint density at radius 2 is 1.74 bits per heavy atom. The monoisotopic (exact) mass is 361 g/mol. The van der Waals surface area contributed by atoms with Crippen molar-refractivity contribution in [2.45, 2.75) is 6.92 Å². The van der Waals surface area contributed by atoms with Crippen LogP contribution in [0.15, 0.2) is 83.0 Å². The van der Waals surface area contributed by atoms with Gasteiger partial charge < -0.3 is 4.74 Å². The number of hydrogen-bond acceptors (Lipinski definition) is 6. The number of nitrogens with zero attached hydrogens (tertiary/aromatic N) is 3. The third-order valence-corrected chi connectivity index (χ3v) is 3.74. The molecule has 0 aliphatic carbocycles. The van der Waals surface area contributed by atoms with Gasteiger partial charge in [0.15, 0.2) is 5.75 Å². The zero-order valence-electron chi connectivity index (χ0n) is 14.5. The van der Waals surface area contributed by atoms with Gasteiger partial charge in [-0.2, -0.15) is 5.11 Å². The van der Waals surface area contributed by atoms with E-state index < -0.39 is 10.9 Å². The maximum atomic E-state index is 11.9. The molecule has 0 aromatic heterocycles. The molecule has 0 fully saturated rings. The molecule has 0 N–H and O–H groups in total. The largest absolute Gasteiger partial charge is 0.421 e. The second kappa shape index (κ2) is 7.57.